The maximum atomic E-state index is 12.7. The zero-order valence-corrected chi connectivity index (χ0v) is 18.0. The fraction of sp³-hybridized carbons (Fsp3) is 0.375. The molecule has 7 nitrogen and oxygen atoms in total. The first-order valence-corrected chi connectivity index (χ1v) is 10.5. The number of rotatable bonds is 7. The van der Waals surface area contributed by atoms with Crippen molar-refractivity contribution in [3.8, 4) is 11.5 Å². The quantitative estimate of drug-likeness (QED) is 0.388. The highest BCUT2D eigenvalue weighted by Crippen LogP contribution is 2.17. The lowest BCUT2D eigenvalue weighted by atomic mass is 10.1. The van der Waals surface area contributed by atoms with E-state index in [0.717, 1.165) is 5.75 Å². The van der Waals surface area contributed by atoms with Crippen molar-refractivity contribution in [2.24, 2.45) is 0 Å². The van der Waals surface area contributed by atoms with Crippen LogP contribution in [0.2, 0.25) is 0 Å². The highest BCUT2D eigenvalue weighted by Gasteiger charge is 2.24. The van der Waals surface area contributed by atoms with Gasteiger partial charge in [-0.05, 0) is 43.7 Å². The summed E-state index contributed by atoms with van der Waals surface area (Å²) in [5, 5.41) is 0. The Kier molecular flexibility index (Phi) is 7.65. The molecule has 164 valence electrons. The Bertz CT molecular complexity index is 918. The van der Waals surface area contributed by atoms with Crippen LogP contribution in [0, 0.1) is 6.92 Å². The van der Waals surface area contributed by atoms with E-state index in [1.54, 1.807) is 34.1 Å². The Morgan fingerprint density at radius 3 is 2.26 bits per heavy atom. The number of nitrogens with zero attached hydrogens (tertiary/aromatic N) is 2. The van der Waals surface area contributed by atoms with E-state index in [1.807, 2.05) is 31.2 Å². The molecule has 0 radical (unpaired) electrons. The number of amides is 2. The minimum atomic E-state index is -0.430. The van der Waals surface area contributed by atoms with Gasteiger partial charge in [-0.25, -0.2) is 0 Å². The summed E-state index contributed by atoms with van der Waals surface area (Å²) < 4.78 is 10.7. The highest BCUT2D eigenvalue weighted by molar-refractivity contribution is 5.95. The van der Waals surface area contributed by atoms with Gasteiger partial charge < -0.3 is 19.3 Å². The zero-order valence-electron chi connectivity index (χ0n) is 18.0. The molecule has 3 rings (SSSR count). The van der Waals surface area contributed by atoms with E-state index in [9.17, 15) is 14.4 Å². The van der Waals surface area contributed by atoms with Crippen molar-refractivity contribution >= 4 is 17.8 Å². The van der Waals surface area contributed by atoms with Gasteiger partial charge in [0.15, 0.2) is 0 Å². The van der Waals surface area contributed by atoms with E-state index in [0.29, 0.717) is 56.9 Å². The molecular weight excluding hydrogens is 396 g/mol. The average Bonchev–Trinajstić information content (AvgIpc) is 2.77. The van der Waals surface area contributed by atoms with Crippen molar-refractivity contribution in [3.05, 3.63) is 59.7 Å². The first-order chi connectivity index (χ1) is 14.9. The van der Waals surface area contributed by atoms with Crippen LogP contribution in [0.1, 0.15) is 35.7 Å². The molecule has 0 bridgehead atoms. The molecule has 2 amide bonds. The number of carbonyl (C=O) groups is 3. The van der Waals surface area contributed by atoms with Crippen LogP contribution in [0.25, 0.3) is 0 Å². The molecule has 1 aliphatic rings. The minimum absolute atomic E-state index is 0.0801. The monoisotopic (exact) mass is 424 g/mol. The number of esters is 1. The molecule has 1 saturated heterocycles. The normalized spacial score (nSPS) is 13.6. The van der Waals surface area contributed by atoms with Gasteiger partial charge in [-0.3, -0.25) is 14.4 Å². The molecule has 0 aromatic heterocycles. The van der Waals surface area contributed by atoms with E-state index in [1.165, 1.54) is 12.5 Å². The molecule has 0 saturated carbocycles. The van der Waals surface area contributed by atoms with Gasteiger partial charge in [0.25, 0.3) is 5.91 Å². The van der Waals surface area contributed by atoms with Gasteiger partial charge in [0.05, 0.1) is 6.61 Å². The van der Waals surface area contributed by atoms with Gasteiger partial charge in [-0.2, -0.15) is 0 Å². The van der Waals surface area contributed by atoms with E-state index < -0.39 is 5.97 Å². The second kappa shape index (κ2) is 10.6. The van der Waals surface area contributed by atoms with Crippen molar-refractivity contribution in [1.29, 1.82) is 0 Å². The van der Waals surface area contributed by atoms with Crippen LogP contribution in [0.3, 0.4) is 0 Å². The number of ether oxygens (including phenoxy) is 2. The Morgan fingerprint density at radius 2 is 1.58 bits per heavy atom. The standard InChI is InChI=1S/C24H28N2O5/c1-18-8-10-21(11-9-18)30-16-4-7-23(28)25-12-14-26(15-13-25)24(29)20-5-3-6-22(17-20)31-19(2)27/h3,5-6,8-11,17H,4,7,12-16H2,1-2H3. The largest absolute Gasteiger partial charge is 0.494 e. The molecule has 0 unspecified atom stereocenters. The second-order valence-electron chi connectivity index (χ2n) is 7.56. The Hall–Kier alpha value is -3.35. The molecule has 7 heteroatoms. The third-order valence-corrected chi connectivity index (χ3v) is 5.09. The van der Waals surface area contributed by atoms with Crippen LogP contribution in [-0.4, -0.2) is 60.4 Å². The van der Waals surface area contributed by atoms with Gasteiger partial charge in [-0.15, -0.1) is 0 Å². The summed E-state index contributed by atoms with van der Waals surface area (Å²) in [6.07, 6.45) is 1.07. The zero-order chi connectivity index (χ0) is 22.2. The molecule has 1 aliphatic heterocycles. The molecule has 2 aromatic carbocycles. The molecular formula is C24H28N2O5. The molecule has 0 N–H and O–H groups in total. The molecule has 0 atom stereocenters. The first-order valence-electron chi connectivity index (χ1n) is 10.5. The SMILES string of the molecule is CC(=O)Oc1cccc(C(=O)N2CCN(C(=O)CCCOc3ccc(C)cc3)CC2)c1. The van der Waals surface area contributed by atoms with Crippen molar-refractivity contribution in [1.82, 2.24) is 9.80 Å². The van der Waals surface area contributed by atoms with Gasteiger partial charge in [0.2, 0.25) is 5.91 Å². The third-order valence-electron chi connectivity index (χ3n) is 5.09. The summed E-state index contributed by atoms with van der Waals surface area (Å²) in [4.78, 5) is 39.8. The Morgan fingerprint density at radius 1 is 0.903 bits per heavy atom. The summed E-state index contributed by atoms with van der Waals surface area (Å²) in [5.74, 6) is 0.674. The van der Waals surface area contributed by atoms with Crippen molar-refractivity contribution in [2.45, 2.75) is 26.7 Å². The smallest absolute Gasteiger partial charge is 0.308 e. The number of piperazine rings is 1. The second-order valence-corrected chi connectivity index (χ2v) is 7.56. The Balaban J connectivity index is 1.41. The minimum Gasteiger partial charge on any atom is -0.494 e. The Labute approximate surface area is 182 Å². The number of benzene rings is 2. The molecule has 0 spiro atoms. The van der Waals surface area contributed by atoms with E-state index in [-0.39, 0.29) is 11.8 Å². The van der Waals surface area contributed by atoms with Crippen LogP contribution in [0.4, 0.5) is 0 Å². The van der Waals surface area contributed by atoms with E-state index >= 15 is 0 Å². The lowest BCUT2D eigenvalue weighted by molar-refractivity contribution is -0.133. The molecule has 0 aliphatic carbocycles. The maximum Gasteiger partial charge on any atom is 0.308 e. The number of hydrogen-bond donors (Lipinski definition) is 0. The van der Waals surface area contributed by atoms with Gasteiger partial charge in [-0.1, -0.05) is 23.8 Å². The van der Waals surface area contributed by atoms with Crippen molar-refractivity contribution in [3.63, 3.8) is 0 Å². The fourth-order valence-electron chi connectivity index (χ4n) is 3.41. The van der Waals surface area contributed by atoms with Gasteiger partial charge >= 0.3 is 5.97 Å². The highest BCUT2D eigenvalue weighted by atomic mass is 16.5. The number of aryl methyl sites for hydroxylation is 1. The lowest BCUT2D eigenvalue weighted by Crippen LogP contribution is -2.50. The molecule has 31 heavy (non-hydrogen) atoms. The van der Waals surface area contributed by atoms with E-state index in [2.05, 4.69) is 0 Å². The van der Waals surface area contributed by atoms with Crippen molar-refractivity contribution < 1.29 is 23.9 Å². The van der Waals surface area contributed by atoms with Crippen molar-refractivity contribution in [2.75, 3.05) is 32.8 Å². The molecule has 2 aromatic rings. The number of hydrogen-bond acceptors (Lipinski definition) is 5. The summed E-state index contributed by atoms with van der Waals surface area (Å²) in [6, 6.07) is 14.4. The molecule has 1 heterocycles. The van der Waals surface area contributed by atoms with Crippen LogP contribution in [0.5, 0.6) is 11.5 Å². The topological polar surface area (TPSA) is 76.2 Å². The van der Waals surface area contributed by atoms with Crippen LogP contribution in [-0.2, 0) is 9.59 Å². The molecule has 1 fully saturated rings. The summed E-state index contributed by atoms with van der Waals surface area (Å²) in [5.41, 5.74) is 1.64. The fourth-order valence-corrected chi connectivity index (χ4v) is 3.41. The van der Waals surface area contributed by atoms with Crippen LogP contribution >= 0.6 is 0 Å². The van der Waals surface area contributed by atoms with Gasteiger partial charge in [0, 0.05) is 45.1 Å². The predicted molar refractivity (Wildman–Crippen MR) is 116 cm³/mol. The van der Waals surface area contributed by atoms with Gasteiger partial charge in [0.1, 0.15) is 11.5 Å². The third kappa shape index (κ3) is 6.57. The summed E-state index contributed by atoms with van der Waals surface area (Å²) in [6.45, 7) is 5.80. The first kappa shape index (κ1) is 22.3. The maximum absolute atomic E-state index is 12.7. The summed E-state index contributed by atoms with van der Waals surface area (Å²) >= 11 is 0. The van der Waals surface area contributed by atoms with Crippen LogP contribution in [0.15, 0.2) is 48.5 Å². The number of carbonyl (C=O) groups excluding carboxylic acids is 3. The predicted octanol–water partition coefficient (Wildman–Crippen LogP) is 3.06. The average molecular weight is 424 g/mol. The lowest BCUT2D eigenvalue weighted by Gasteiger charge is -2.35. The summed E-state index contributed by atoms with van der Waals surface area (Å²) in [7, 11) is 0. The van der Waals surface area contributed by atoms with Crippen LogP contribution < -0.4 is 9.47 Å². The van der Waals surface area contributed by atoms with E-state index in [4.69, 9.17) is 9.47 Å².